The van der Waals surface area contributed by atoms with Crippen LogP contribution in [0.15, 0.2) is 121 Å². The number of aromatic nitrogens is 3. The van der Waals surface area contributed by atoms with E-state index in [0.29, 0.717) is 11.6 Å². The molecule has 0 unspecified atom stereocenters. The van der Waals surface area contributed by atoms with E-state index in [-0.39, 0.29) is 5.28 Å². The summed E-state index contributed by atoms with van der Waals surface area (Å²) < 4.78 is 0. The fraction of sp³-hybridized carbons (Fsp3) is 0. The van der Waals surface area contributed by atoms with E-state index in [0.717, 1.165) is 22.1 Å². The van der Waals surface area contributed by atoms with Crippen LogP contribution in [0.3, 0.4) is 0 Å². The highest BCUT2D eigenvalue weighted by molar-refractivity contribution is 6.28. The lowest BCUT2D eigenvalue weighted by molar-refractivity contribution is 1.07. The quantitative estimate of drug-likeness (QED) is 0.260. The molecule has 0 bridgehead atoms. The molecule has 0 radical (unpaired) electrons. The maximum Gasteiger partial charge on any atom is 0.226 e. The van der Waals surface area contributed by atoms with E-state index in [9.17, 15) is 0 Å². The third-order valence-electron chi connectivity index (χ3n) is 6.08. The molecule has 0 saturated carbocycles. The Bertz CT molecular complexity index is 1630. The first-order chi connectivity index (χ1) is 17.2. The van der Waals surface area contributed by atoms with Gasteiger partial charge in [-0.05, 0) is 50.7 Å². The summed E-state index contributed by atoms with van der Waals surface area (Å²) in [5.41, 5.74) is 6.48. The van der Waals surface area contributed by atoms with Crippen molar-refractivity contribution in [1.82, 2.24) is 15.0 Å². The lowest BCUT2D eigenvalue weighted by Crippen LogP contribution is -1.97. The highest BCUT2D eigenvalue weighted by Crippen LogP contribution is 2.32. The fourth-order valence-electron chi connectivity index (χ4n) is 4.34. The Balaban J connectivity index is 1.38. The molecule has 0 aliphatic rings. The monoisotopic (exact) mass is 469 g/mol. The van der Waals surface area contributed by atoms with Crippen LogP contribution in [-0.2, 0) is 0 Å². The van der Waals surface area contributed by atoms with Crippen LogP contribution in [0.5, 0.6) is 0 Å². The van der Waals surface area contributed by atoms with Crippen molar-refractivity contribution in [3.05, 3.63) is 127 Å². The molecule has 1 aromatic heterocycles. The number of hydrogen-bond acceptors (Lipinski definition) is 3. The van der Waals surface area contributed by atoms with Crippen LogP contribution in [0.1, 0.15) is 0 Å². The minimum atomic E-state index is 0.176. The van der Waals surface area contributed by atoms with Gasteiger partial charge >= 0.3 is 0 Å². The largest absolute Gasteiger partial charge is 0.226 e. The number of benzene rings is 5. The van der Waals surface area contributed by atoms with Crippen LogP contribution in [0.2, 0.25) is 5.28 Å². The average molecular weight is 470 g/mol. The van der Waals surface area contributed by atoms with Crippen molar-refractivity contribution >= 4 is 22.4 Å². The number of hydrogen-bond donors (Lipinski definition) is 0. The molecule has 0 N–H and O–H groups in total. The van der Waals surface area contributed by atoms with Crippen LogP contribution >= 0.6 is 11.6 Å². The van der Waals surface area contributed by atoms with Crippen molar-refractivity contribution in [3.63, 3.8) is 0 Å². The van der Waals surface area contributed by atoms with Gasteiger partial charge in [-0.15, -0.1) is 0 Å². The number of halogens is 1. The predicted molar refractivity (Wildman–Crippen MR) is 144 cm³/mol. The van der Waals surface area contributed by atoms with Crippen LogP contribution in [0.4, 0.5) is 0 Å². The Morgan fingerprint density at radius 3 is 1.71 bits per heavy atom. The van der Waals surface area contributed by atoms with Crippen LogP contribution in [0.25, 0.3) is 55.8 Å². The molecule has 0 aliphatic heterocycles. The summed E-state index contributed by atoms with van der Waals surface area (Å²) in [6, 6.07) is 41.5. The molecule has 0 aliphatic carbocycles. The zero-order valence-electron chi connectivity index (χ0n) is 18.8. The van der Waals surface area contributed by atoms with Crippen molar-refractivity contribution in [2.75, 3.05) is 0 Å². The van der Waals surface area contributed by atoms with E-state index in [1.54, 1.807) is 0 Å². The summed E-state index contributed by atoms with van der Waals surface area (Å²) in [6.07, 6.45) is 0. The zero-order chi connectivity index (χ0) is 23.6. The van der Waals surface area contributed by atoms with Gasteiger partial charge in [0.15, 0.2) is 11.6 Å². The molecule has 35 heavy (non-hydrogen) atoms. The van der Waals surface area contributed by atoms with E-state index in [1.165, 1.54) is 22.1 Å². The molecule has 0 spiro atoms. The first-order valence-electron chi connectivity index (χ1n) is 11.4. The molecule has 166 valence electrons. The van der Waals surface area contributed by atoms with Crippen molar-refractivity contribution in [3.8, 4) is 45.0 Å². The van der Waals surface area contributed by atoms with Gasteiger partial charge in [-0.3, -0.25) is 0 Å². The molecule has 1 heterocycles. The molecular formula is C31H20ClN3. The maximum atomic E-state index is 6.34. The van der Waals surface area contributed by atoms with E-state index in [1.807, 2.05) is 42.5 Å². The number of fused-ring (bicyclic) bond motifs is 1. The van der Waals surface area contributed by atoms with Crippen LogP contribution in [0, 0.1) is 0 Å². The molecule has 0 saturated heterocycles. The molecule has 0 atom stereocenters. The van der Waals surface area contributed by atoms with Crippen LogP contribution < -0.4 is 0 Å². The zero-order valence-corrected chi connectivity index (χ0v) is 19.5. The summed E-state index contributed by atoms with van der Waals surface area (Å²) in [7, 11) is 0. The Morgan fingerprint density at radius 1 is 0.429 bits per heavy atom. The van der Waals surface area contributed by atoms with E-state index >= 15 is 0 Å². The second-order valence-corrected chi connectivity index (χ2v) is 8.64. The van der Waals surface area contributed by atoms with Gasteiger partial charge in [-0.1, -0.05) is 115 Å². The molecule has 6 aromatic rings. The standard InChI is InChI=1S/C31H20ClN3/c32-31-34-29(24-16-14-22(15-17-24)21-8-3-1-4-9-21)33-30(35-31)26-18-19-28-25(20-26)12-7-13-27(28)23-10-5-2-6-11-23/h1-20H. The normalized spacial score (nSPS) is 11.0. The Morgan fingerprint density at radius 2 is 1.00 bits per heavy atom. The lowest BCUT2D eigenvalue weighted by Gasteiger charge is -2.10. The SMILES string of the molecule is Clc1nc(-c2ccc(-c3ccccc3)cc2)nc(-c2ccc3c(-c4ccccc4)cccc3c2)n1. The Labute approximate surface area is 208 Å². The Hall–Kier alpha value is -4.34. The first kappa shape index (κ1) is 21.2. The van der Waals surface area contributed by atoms with Crippen molar-refractivity contribution in [1.29, 1.82) is 0 Å². The smallest absolute Gasteiger partial charge is 0.208 e. The second-order valence-electron chi connectivity index (χ2n) is 8.30. The fourth-order valence-corrected chi connectivity index (χ4v) is 4.50. The molecular weight excluding hydrogens is 450 g/mol. The number of nitrogens with zero attached hydrogens (tertiary/aromatic N) is 3. The summed E-state index contributed by atoms with van der Waals surface area (Å²) in [5, 5.41) is 2.48. The van der Waals surface area contributed by atoms with Crippen LogP contribution in [-0.4, -0.2) is 15.0 Å². The lowest BCUT2D eigenvalue weighted by atomic mass is 9.97. The van der Waals surface area contributed by atoms with Crippen molar-refractivity contribution in [2.24, 2.45) is 0 Å². The van der Waals surface area contributed by atoms with E-state index in [4.69, 9.17) is 16.6 Å². The van der Waals surface area contributed by atoms with Gasteiger partial charge in [0.25, 0.3) is 0 Å². The topological polar surface area (TPSA) is 38.7 Å². The molecule has 0 amide bonds. The van der Waals surface area contributed by atoms with Gasteiger partial charge in [0.1, 0.15) is 0 Å². The molecule has 3 nitrogen and oxygen atoms in total. The average Bonchev–Trinajstić information content (AvgIpc) is 2.93. The third-order valence-corrected chi connectivity index (χ3v) is 6.25. The first-order valence-corrected chi connectivity index (χ1v) is 11.8. The highest BCUT2D eigenvalue weighted by atomic mass is 35.5. The third kappa shape index (κ3) is 4.30. The van der Waals surface area contributed by atoms with Crippen molar-refractivity contribution < 1.29 is 0 Å². The number of rotatable bonds is 4. The minimum Gasteiger partial charge on any atom is -0.208 e. The maximum absolute atomic E-state index is 6.34. The van der Waals surface area contributed by atoms with Gasteiger partial charge in [0, 0.05) is 11.1 Å². The second kappa shape index (κ2) is 9.13. The van der Waals surface area contributed by atoms with Gasteiger partial charge in [0.2, 0.25) is 5.28 Å². The summed E-state index contributed by atoms with van der Waals surface area (Å²) in [6.45, 7) is 0. The summed E-state index contributed by atoms with van der Waals surface area (Å²) >= 11 is 6.34. The minimum absolute atomic E-state index is 0.176. The van der Waals surface area contributed by atoms with E-state index < -0.39 is 0 Å². The van der Waals surface area contributed by atoms with Crippen molar-refractivity contribution in [2.45, 2.75) is 0 Å². The van der Waals surface area contributed by atoms with E-state index in [2.05, 4.69) is 88.8 Å². The molecule has 6 rings (SSSR count). The Kier molecular flexibility index (Phi) is 5.53. The van der Waals surface area contributed by atoms with Gasteiger partial charge in [0.05, 0.1) is 0 Å². The highest BCUT2D eigenvalue weighted by Gasteiger charge is 2.12. The van der Waals surface area contributed by atoms with Gasteiger partial charge < -0.3 is 0 Å². The van der Waals surface area contributed by atoms with Gasteiger partial charge in [-0.2, -0.15) is 9.97 Å². The summed E-state index contributed by atoms with van der Waals surface area (Å²) in [4.78, 5) is 13.6. The molecule has 4 heteroatoms. The molecule has 0 fully saturated rings. The summed E-state index contributed by atoms with van der Waals surface area (Å²) in [5.74, 6) is 1.11. The van der Waals surface area contributed by atoms with Gasteiger partial charge in [-0.25, -0.2) is 4.98 Å². The predicted octanol–water partition coefficient (Wildman–Crippen LogP) is 8.35. The molecule has 5 aromatic carbocycles.